The fraction of sp³-hybridized carbons (Fsp3) is 0.391. The van der Waals surface area contributed by atoms with E-state index in [-0.39, 0.29) is 5.92 Å². The zero-order valence-electron chi connectivity index (χ0n) is 16.4. The molecule has 3 N–H and O–H groups in total. The molecule has 0 bridgehead atoms. The van der Waals surface area contributed by atoms with Crippen LogP contribution in [-0.4, -0.2) is 18.0 Å². The summed E-state index contributed by atoms with van der Waals surface area (Å²) in [5, 5.41) is 21.1. The van der Waals surface area contributed by atoms with Gasteiger partial charge in [0.1, 0.15) is 11.4 Å². The van der Waals surface area contributed by atoms with Crippen LogP contribution < -0.4 is 15.5 Å². The molecule has 5 rings (SSSR count). The third kappa shape index (κ3) is 2.85. The molecule has 6 heteroatoms. The topological polar surface area (TPSA) is 90.2 Å². The smallest absolute Gasteiger partial charge is 0.174 e. The average molecular weight is 388 g/mol. The highest BCUT2D eigenvalue weighted by atomic mass is 16.7. The summed E-state index contributed by atoms with van der Waals surface area (Å²) in [5.74, 6) is 0.841. The Morgan fingerprint density at radius 1 is 1.21 bits per heavy atom. The van der Waals surface area contributed by atoms with Crippen LogP contribution in [0.2, 0.25) is 0 Å². The van der Waals surface area contributed by atoms with Gasteiger partial charge in [0.2, 0.25) is 0 Å². The van der Waals surface area contributed by atoms with Crippen LogP contribution in [0.15, 0.2) is 42.5 Å². The van der Waals surface area contributed by atoms with Crippen LogP contribution >= 0.6 is 0 Å². The molecule has 2 heterocycles. The minimum Gasteiger partial charge on any atom is -0.486 e. The Hall–Kier alpha value is -2.72. The predicted octanol–water partition coefficient (Wildman–Crippen LogP) is 3.82. The van der Waals surface area contributed by atoms with Crippen LogP contribution in [0.25, 0.3) is 11.1 Å². The number of ether oxygens (including phenoxy) is 1. The fourth-order valence-electron chi connectivity index (χ4n) is 4.99. The first-order valence-corrected chi connectivity index (χ1v) is 10.1. The zero-order chi connectivity index (χ0) is 20.1. The monoisotopic (exact) mass is 388 g/mol. The zero-order valence-corrected chi connectivity index (χ0v) is 16.4. The number of hydrogen-bond acceptors (Lipinski definition) is 6. The fourth-order valence-corrected chi connectivity index (χ4v) is 4.99. The molecule has 2 aromatic carbocycles. The number of nitrogens with zero attached hydrogens (tertiary/aromatic N) is 1. The summed E-state index contributed by atoms with van der Waals surface area (Å²) in [5.41, 5.74) is 6.20. The molecule has 6 nitrogen and oxygen atoms in total. The lowest BCUT2D eigenvalue weighted by Crippen LogP contribution is -2.58. The molecule has 148 valence electrons. The van der Waals surface area contributed by atoms with Gasteiger partial charge in [-0.1, -0.05) is 25.1 Å². The van der Waals surface area contributed by atoms with Crippen LogP contribution in [-0.2, 0) is 10.6 Å². The predicted molar refractivity (Wildman–Crippen MR) is 109 cm³/mol. The van der Waals surface area contributed by atoms with Crippen molar-refractivity contribution < 1.29 is 9.57 Å². The average Bonchev–Trinajstić information content (AvgIpc) is 3.20. The summed E-state index contributed by atoms with van der Waals surface area (Å²) in [6.45, 7) is 2.65. The Morgan fingerprint density at radius 3 is 2.86 bits per heavy atom. The van der Waals surface area contributed by atoms with E-state index in [1.54, 1.807) is 6.07 Å². The van der Waals surface area contributed by atoms with E-state index in [1.807, 2.05) is 30.3 Å². The third-order valence-corrected chi connectivity index (χ3v) is 6.65. The molecule has 3 unspecified atom stereocenters. The van der Waals surface area contributed by atoms with Crippen LogP contribution in [0.5, 0.6) is 5.75 Å². The van der Waals surface area contributed by atoms with E-state index in [9.17, 15) is 5.26 Å². The molecule has 29 heavy (non-hydrogen) atoms. The molecular weight excluding hydrogens is 364 g/mol. The number of nitriles is 1. The van der Waals surface area contributed by atoms with Gasteiger partial charge in [0.25, 0.3) is 0 Å². The molecule has 3 aliphatic rings. The third-order valence-electron chi connectivity index (χ3n) is 6.65. The first-order chi connectivity index (χ1) is 14.1. The van der Waals surface area contributed by atoms with E-state index in [4.69, 9.17) is 15.0 Å². The first kappa shape index (κ1) is 18.3. The number of benzene rings is 2. The summed E-state index contributed by atoms with van der Waals surface area (Å²) >= 11 is 0. The van der Waals surface area contributed by atoms with Gasteiger partial charge < -0.3 is 10.1 Å². The van der Waals surface area contributed by atoms with E-state index >= 15 is 0 Å². The molecule has 0 radical (unpaired) electrons. The van der Waals surface area contributed by atoms with Crippen molar-refractivity contribution in [3.8, 4) is 22.9 Å². The molecule has 1 aliphatic carbocycles. The summed E-state index contributed by atoms with van der Waals surface area (Å²) < 4.78 is 6.62. The van der Waals surface area contributed by atoms with Crippen molar-refractivity contribution in [1.82, 2.24) is 10.8 Å². The van der Waals surface area contributed by atoms with Gasteiger partial charge in [0.05, 0.1) is 18.3 Å². The summed E-state index contributed by atoms with van der Waals surface area (Å²) in [6.07, 6.45) is 3.36. The van der Waals surface area contributed by atoms with Crippen molar-refractivity contribution in [3.63, 3.8) is 0 Å². The first-order valence-electron chi connectivity index (χ1n) is 10.1. The van der Waals surface area contributed by atoms with Gasteiger partial charge in [-0.05, 0) is 54.7 Å². The molecule has 2 aromatic rings. The number of nitrogens with one attached hydrogen (secondary N) is 3. The molecule has 1 saturated carbocycles. The van der Waals surface area contributed by atoms with Crippen molar-refractivity contribution in [2.75, 3.05) is 6.67 Å². The largest absolute Gasteiger partial charge is 0.486 e. The number of rotatable bonds is 1. The van der Waals surface area contributed by atoms with Gasteiger partial charge in [-0.2, -0.15) is 10.7 Å². The molecule has 3 atom stereocenters. The van der Waals surface area contributed by atoms with Gasteiger partial charge in [0.15, 0.2) is 5.72 Å². The standard InChI is InChI=1S/C23H24N4O2/c1-15-20(25)6-3-9-22(15)13-23(26-14-27-29-23)19-11-18(7-8-21(19)28-22)17-5-2-4-16(10-17)12-24/h2,4-5,7-8,10-11,15,25-27H,3,6,9,13-14H2,1H3. The summed E-state index contributed by atoms with van der Waals surface area (Å²) in [7, 11) is 0. The lowest BCUT2D eigenvalue weighted by Gasteiger charge is -2.51. The quantitative estimate of drug-likeness (QED) is 0.691. The molecule has 2 aliphatic heterocycles. The number of hydrogen-bond donors (Lipinski definition) is 3. The van der Waals surface area contributed by atoms with Crippen molar-refractivity contribution >= 4 is 5.71 Å². The number of hydroxylamine groups is 1. The second kappa shape index (κ2) is 6.67. The van der Waals surface area contributed by atoms with Crippen molar-refractivity contribution in [1.29, 1.82) is 10.7 Å². The highest BCUT2D eigenvalue weighted by Crippen LogP contribution is 2.52. The minimum atomic E-state index is -0.692. The Kier molecular flexibility index (Phi) is 4.21. The summed E-state index contributed by atoms with van der Waals surface area (Å²) in [4.78, 5) is 6.09. The van der Waals surface area contributed by atoms with Crippen LogP contribution in [0, 0.1) is 22.7 Å². The molecule has 0 aromatic heterocycles. The maximum Gasteiger partial charge on any atom is 0.174 e. The Bertz CT molecular complexity index is 1020. The lowest BCUT2D eigenvalue weighted by molar-refractivity contribution is -0.143. The van der Waals surface area contributed by atoms with E-state index < -0.39 is 11.3 Å². The second-order valence-corrected chi connectivity index (χ2v) is 8.27. The Morgan fingerprint density at radius 2 is 2.07 bits per heavy atom. The van der Waals surface area contributed by atoms with Gasteiger partial charge in [-0.3, -0.25) is 10.2 Å². The van der Waals surface area contributed by atoms with E-state index in [2.05, 4.69) is 29.9 Å². The highest BCUT2D eigenvalue weighted by Gasteiger charge is 2.56. The van der Waals surface area contributed by atoms with Crippen LogP contribution in [0.4, 0.5) is 0 Å². The van der Waals surface area contributed by atoms with Gasteiger partial charge in [-0.15, -0.1) is 0 Å². The minimum absolute atomic E-state index is 0.0410. The van der Waals surface area contributed by atoms with Crippen molar-refractivity contribution in [2.45, 2.75) is 43.9 Å². The number of fused-ring (bicyclic) bond motifs is 2. The Labute approximate surface area is 170 Å². The van der Waals surface area contributed by atoms with Gasteiger partial charge >= 0.3 is 0 Å². The SMILES string of the molecule is CC1C(=N)CCCC12CC1(NCNO1)c1cc(-c3cccc(C#N)c3)ccc1O2. The van der Waals surface area contributed by atoms with E-state index in [1.165, 1.54) is 0 Å². The molecule has 1 saturated heterocycles. The van der Waals surface area contributed by atoms with E-state index in [0.29, 0.717) is 18.7 Å². The normalized spacial score (nSPS) is 30.8. The second-order valence-electron chi connectivity index (χ2n) is 8.27. The van der Waals surface area contributed by atoms with Crippen LogP contribution in [0.3, 0.4) is 0 Å². The van der Waals surface area contributed by atoms with Crippen LogP contribution in [0.1, 0.15) is 43.7 Å². The molecule has 2 fully saturated rings. The maximum atomic E-state index is 9.23. The summed E-state index contributed by atoms with van der Waals surface area (Å²) in [6, 6.07) is 15.9. The highest BCUT2D eigenvalue weighted by molar-refractivity contribution is 5.85. The van der Waals surface area contributed by atoms with E-state index in [0.717, 1.165) is 47.4 Å². The molecule has 2 spiro atoms. The molecular formula is C23H24N4O2. The van der Waals surface area contributed by atoms with Crippen molar-refractivity contribution in [3.05, 3.63) is 53.6 Å². The van der Waals surface area contributed by atoms with Crippen molar-refractivity contribution in [2.24, 2.45) is 5.92 Å². The molecule has 0 amide bonds. The van der Waals surface area contributed by atoms with Gasteiger partial charge in [-0.25, -0.2) is 0 Å². The lowest BCUT2D eigenvalue weighted by atomic mass is 9.68. The van der Waals surface area contributed by atoms with Gasteiger partial charge in [0, 0.05) is 23.6 Å². The Balaban J connectivity index is 1.61. The maximum absolute atomic E-state index is 9.23.